The smallest absolute Gasteiger partial charge is 0.288 e. The standard InChI is InChI=1S/C15H20F2N2OS/c1-10(18)11-6-8-19(9-7-11)14(20)12-2-4-13(5-3-12)21-15(16)17/h2-5,10-11,15H,6-9,18H2,1H3. The van der Waals surface area contributed by atoms with Gasteiger partial charge in [0.1, 0.15) is 0 Å². The fourth-order valence-corrected chi connectivity index (χ4v) is 3.09. The van der Waals surface area contributed by atoms with Gasteiger partial charge in [-0.15, -0.1) is 0 Å². The third kappa shape index (κ3) is 4.41. The van der Waals surface area contributed by atoms with Crippen molar-refractivity contribution in [3.05, 3.63) is 29.8 Å². The lowest BCUT2D eigenvalue weighted by atomic mass is 9.90. The average Bonchev–Trinajstić information content (AvgIpc) is 2.47. The van der Waals surface area contributed by atoms with Gasteiger partial charge in [-0.2, -0.15) is 8.78 Å². The number of nitrogens with two attached hydrogens (primary N) is 1. The van der Waals surface area contributed by atoms with Crippen LogP contribution in [-0.4, -0.2) is 35.7 Å². The number of amides is 1. The Morgan fingerprint density at radius 3 is 2.33 bits per heavy atom. The van der Waals surface area contributed by atoms with Crippen LogP contribution in [0.3, 0.4) is 0 Å². The van der Waals surface area contributed by atoms with Crippen LogP contribution in [0.25, 0.3) is 0 Å². The first kappa shape index (κ1) is 16.2. The van der Waals surface area contributed by atoms with E-state index in [-0.39, 0.29) is 11.9 Å². The molecule has 1 heterocycles. The van der Waals surface area contributed by atoms with Crippen LogP contribution in [0.1, 0.15) is 30.1 Å². The summed E-state index contributed by atoms with van der Waals surface area (Å²) in [5.41, 5.74) is 6.44. The predicted molar refractivity (Wildman–Crippen MR) is 80.6 cm³/mol. The Balaban J connectivity index is 1.94. The molecule has 21 heavy (non-hydrogen) atoms. The van der Waals surface area contributed by atoms with Crippen molar-refractivity contribution >= 4 is 17.7 Å². The summed E-state index contributed by atoms with van der Waals surface area (Å²) >= 11 is 0.486. The number of hydrogen-bond acceptors (Lipinski definition) is 3. The highest BCUT2D eigenvalue weighted by Crippen LogP contribution is 2.26. The van der Waals surface area contributed by atoms with E-state index in [9.17, 15) is 13.6 Å². The van der Waals surface area contributed by atoms with Crippen LogP contribution in [0.15, 0.2) is 29.2 Å². The van der Waals surface area contributed by atoms with Gasteiger partial charge in [0, 0.05) is 29.6 Å². The van der Waals surface area contributed by atoms with Gasteiger partial charge in [0.25, 0.3) is 11.7 Å². The fraction of sp³-hybridized carbons (Fsp3) is 0.533. The highest BCUT2D eigenvalue weighted by molar-refractivity contribution is 7.99. The van der Waals surface area contributed by atoms with Crippen LogP contribution in [-0.2, 0) is 0 Å². The van der Waals surface area contributed by atoms with Gasteiger partial charge in [0.05, 0.1) is 0 Å². The molecule has 0 spiro atoms. The molecule has 2 rings (SSSR count). The largest absolute Gasteiger partial charge is 0.339 e. The number of benzene rings is 1. The minimum absolute atomic E-state index is 0.0354. The summed E-state index contributed by atoms with van der Waals surface area (Å²) in [6, 6.07) is 6.53. The summed E-state index contributed by atoms with van der Waals surface area (Å²) in [6.45, 7) is 3.42. The molecule has 1 unspecified atom stereocenters. The Hall–Kier alpha value is -1.14. The van der Waals surface area contributed by atoms with Crippen molar-refractivity contribution in [2.75, 3.05) is 13.1 Å². The average molecular weight is 314 g/mol. The molecule has 3 nitrogen and oxygen atoms in total. The van der Waals surface area contributed by atoms with E-state index >= 15 is 0 Å². The second-order valence-corrected chi connectivity index (χ2v) is 6.46. The normalized spacial score (nSPS) is 18.0. The molecule has 0 aliphatic carbocycles. The van der Waals surface area contributed by atoms with E-state index in [0.29, 0.717) is 41.2 Å². The van der Waals surface area contributed by atoms with Crippen LogP contribution in [0.4, 0.5) is 8.78 Å². The van der Waals surface area contributed by atoms with E-state index < -0.39 is 5.76 Å². The summed E-state index contributed by atoms with van der Waals surface area (Å²) in [4.78, 5) is 14.6. The van der Waals surface area contributed by atoms with E-state index in [0.717, 1.165) is 12.8 Å². The number of nitrogens with zero attached hydrogens (tertiary/aromatic N) is 1. The van der Waals surface area contributed by atoms with Crippen molar-refractivity contribution in [1.82, 2.24) is 4.90 Å². The number of hydrogen-bond donors (Lipinski definition) is 1. The third-order valence-corrected chi connectivity index (χ3v) is 4.62. The Morgan fingerprint density at radius 2 is 1.86 bits per heavy atom. The molecule has 1 amide bonds. The first-order valence-electron chi connectivity index (χ1n) is 7.07. The minimum atomic E-state index is -2.44. The Labute approximate surface area is 127 Å². The molecule has 2 N–H and O–H groups in total. The summed E-state index contributed by atoms with van der Waals surface area (Å²) in [5.74, 6) is -2.01. The monoisotopic (exact) mass is 314 g/mol. The number of carbonyl (C=O) groups excluding carboxylic acids is 1. The van der Waals surface area contributed by atoms with Crippen molar-refractivity contribution in [2.24, 2.45) is 11.7 Å². The predicted octanol–water partition coefficient (Wildman–Crippen LogP) is 3.20. The molecule has 1 saturated heterocycles. The molecule has 0 saturated carbocycles. The minimum Gasteiger partial charge on any atom is -0.339 e. The van der Waals surface area contributed by atoms with Gasteiger partial charge in [0.2, 0.25) is 0 Å². The van der Waals surface area contributed by atoms with Gasteiger partial charge in [0.15, 0.2) is 0 Å². The maximum Gasteiger partial charge on any atom is 0.288 e. The molecule has 1 fully saturated rings. The maximum atomic E-state index is 12.3. The Kier molecular flexibility index (Phi) is 5.58. The van der Waals surface area contributed by atoms with Crippen LogP contribution in [0.5, 0.6) is 0 Å². The molecule has 1 atom stereocenters. The summed E-state index contributed by atoms with van der Waals surface area (Å²) < 4.78 is 24.5. The van der Waals surface area contributed by atoms with Crippen LogP contribution in [0, 0.1) is 5.92 Å². The van der Waals surface area contributed by atoms with Crippen LogP contribution in [0.2, 0.25) is 0 Å². The van der Waals surface area contributed by atoms with E-state index in [4.69, 9.17) is 5.73 Å². The molecule has 1 aromatic rings. The van der Waals surface area contributed by atoms with E-state index in [1.54, 1.807) is 24.3 Å². The van der Waals surface area contributed by atoms with Gasteiger partial charge >= 0.3 is 0 Å². The number of thioether (sulfide) groups is 1. The zero-order chi connectivity index (χ0) is 15.4. The molecule has 1 aliphatic heterocycles. The van der Waals surface area contributed by atoms with Crippen LogP contribution >= 0.6 is 11.8 Å². The summed E-state index contributed by atoms with van der Waals surface area (Å²) in [7, 11) is 0. The first-order chi connectivity index (χ1) is 9.97. The van der Waals surface area contributed by atoms with Gasteiger partial charge in [-0.3, -0.25) is 4.79 Å². The number of carbonyl (C=O) groups is 1. The molecule has 0 aromatic heterocycles. The fourth-order valence-electron chi connectivity index (χ4n) is 2.59. The molecule has 6 heteroatoms. The number of rotatable bonds is 4. The van der Waals surface area contributed by atoms with Crippen molar-refractivity contribution in [2.45, 2.75) is 36.5 Å². The molecule has 1 aliphatic rings. The lowest BCUT2D eigenvalue weighted by Gasteiger charge is -2.33. The van der Waals surface area contributed by atoms with Gasteiger partial charge < -0.3 is 10.6 Å². The topological polar surface area (TPSA) is 46.3 Å². The number of halogens is 2. The molecule has 0 radical (unpaired) electrons. The first-order valence-corrected chi connectivity index (χ1v) is 7.95. The molecular formula is C15H20F2N2OS. The molecule has 116 valence electrons. The van der Waals surface area contributed by atoms with E-state index in [1.165, 1.54) is 0 Å². The number of piperidine rings is 1. The maximum absolute atomic E-state index is 12.3. The molecule has 1 aromatic carbocycles. The van der Waals surface area contributed by atoms with E-state index in [2.05, 4.69) is 0 Å². The van der Waals surface area contributed by atoms with Gasteiger partial charge in [-0.25, -0.2) is 0 Å². The van der Waals surface area contributed by atoms with Crippen molar-refractivity contribution < 1.29 is 13.6 Å². The quantitative estimate of drug-likeness (QED) is 0.868. The molecule has 0 bridgehead atoms. The Morgan fingerprint density at radius 1 is 1.29 bits per heavy atom. The third-order valence-electron chi connectivity index (χ3n) is 3.90. The van der Waals surface area contributed by atoms with Crippen molar-refractivity contribution in [3.8, 4) is 0 Å². The highest BCUT2D eigenvalue weighted by atomic mass is 32.2. The highest BCUT2D eigenvalue weighted by Gasteiger charge is 2.25. The zero-order valence-electron chi connectivity index (χ0n) is 12.0. The Bertz CT molecular complexity index is 471. The van der Waals surface area contributed by atoms with Crippen molar-refractivity contribution in [3.63, 3.8) is 0 Å². The number of alkyl halides is 2. The summed E-state index contributed by atoms with van der Waals surface area (Å²) in [6.07, 6.45) is 1.84. The van der Waals surface area contributed by atoms with Gasteiger partial charge in [-0.05, 0) is 49.9 Å². The lowest BCUT2D eigenvalue weighted by molar-refractivity contribution is 0.0681. The van der Waals surface area contributed by atoms with Crippen LogP contribution < -0.4 is 5.73 Å². The van der Waals surface area contributed by atoms with Gasteiger partial charge in [-0.1, -0.05) is 11.8 Å². The second-order valence-electron chi connectivity index (χ2n) is 5.39. The lowest BCUT2D eigenvalue weighted by Crippen LogP contribution is -2.42. The van der Waals surface area contributed by atoms with E-state index in [1.807, 2.05) is 11.8 Å². The second kappa shape index (κ2) is 7.22. The zero-order valence-corrected chi connectivity index (χ0v) is 12.8. The SMILES string of the molecule is CC(N)C1CCN(C(=O)c2ccc(SC(F)F)cc2)CC1. The van der Waals surface area contributed by atoms with Crippen molar-refractivity contribution in [1.29, 1.82) is 0 Å². The number of likely N-dealkylation sites (tertiary alicyclic amines) is 1. The summed E-state index contributed by atoms with van der Waals surface area (Å²) in [5, 5.41) is 0. The molecular weight excluding hydrogens is 294 g/mol.